The van der Waals surface area contributed by atoms with Crippen LogP contribution in [-0.2, 0) is 20.7 Å². The van der Waals surface area contributed by atoms with Crippen LogP contribution in [-0.4, -0.2) is 66.5 Å². The van der Waals surface area contributed by atoms with Crippen molar-refractivity contribution < 1.29 is 14.3 Å². The molecule has 31 heavy (non-hydrogen) atoms. The Morgan fingerprint density at radius 3 is 2.74 bits per heavy atom. The molecule has 2 saturated heterocycles. The molecule has 2 aromatic rings. The lowest BCUT2D eigenvalue weighted by Gasteiger charge is -2.44. The summed E-state index contributed by atoms with van der Waals surface area (Å²) in [7, 11) is 3.61. The number of rotatable bonds is 5. The van der Waals surface area contributed by atoms with Gasteiger partial charge in [-0.3, -0.25) is 14.6 Å². The Hall–Kier alpha value is -2.73. The van der Waals surface area contributed by atoms with E-state index in [1.54, 1.807) is 25.2 Å². The summed E-state index contributed by atoms with van der Waals surface area (Å²) in [5.41, 5.74) is 2.59. The van der Waals surface area contributed by atoms with Gasteiger partial charge >= 0.3 is 0 Å². The zero-order valence-electron chi connectivity index (χ0n) is 18.4. The fourth-order valence-electron chi connectivity index (χ4n) is 5.01. The maximum atomic E-state index is 13.5. The van der Waals surface area contributed by atoms with Crippen LogP contribution in [0.1, 0.15) is 31.2 Å². The minimum Gasteiger partial charge on any atom is -0.368 e. The first kappa shape index (κ1) is 21.5. The molecule has 1 aromatic carbocycles. The summed E-state index contributed by atoms with van der Waals surface area (Å²) in [4.78, 5) is 34.4. The van der Waals surface area contributed by atoms with Gasteiger partial charge in [0.1, 0.15) is 6.10 Å². The third-order valence-electron chi connectivity index (χ3n) is 6.47. The molecule has 2 fully saturated rings. The van der Waals surface area contributed by atoms with Crippen molar-refractivity contribution in [3.8, 4) is 11.1 Å². The largest absolute Gasteiger partial charge is 0.368 e. The van der Waals surface area contributed by atoms with Crippen molar-refractivity contribution >= 4 is 11.8 Å². The van der Waals surface area contributed by atoms with E-state index in [4.69, 9.17) is 4.74 Å². The van der Waals surface area contributed by atoms with Crippen molar-refractivity contribution in [1.29, 1.82) is 0 Å². The molecular weight excluding hydrogens is 390 g/mol. The summed E-state index contributed by atoms with van der Waals surface area (Å²) in [5.74, 6) is 0.118. The van der Waals surface area contributed by atoms with Gasteiger partial charge in [0, 0.05) is 51.7 Å². The molecule has 0 unspecified atom stereocenters. The molecule has 6 nitrogen and oxygen atoms in total. The summed E-state index contributed by atoms with van der Waals surface area (Å²) < 4.78 is 5.65. The molecule has 4 rings (SSSR count). The van der Waals surface area contributed by atoms with Crippen LogP contribution in [0.15, 0.2) is 48.8 Å². The van der Waals surface area contributed by atoms with E-state index in [0.29, 0.717) is 26.1 Å². The van der Waals surface area contributed by atoms with Crippen LogP contribution in [0.5, 0.6) is 0 Å². The maximum Gasteiger partial charge on any atom is 0.251 e. The van der Waals surface area contributed by atoms with Crippen molar-refractivity contribution in [2.24, 2.45) is 5.41 Å². The number of aromatic nitrogens is 1. The number of carbonyl (C=O) groups is 2. The van der Waals surface area contributed by atoms with Gasteiger partial charge in [0.05, 0.1) is 5.41 Å². The van der Waals surface area contributed by atoms with Crippen LogP contribution in [0, 0.1) is 5.41 Å². The molecule has 2 amide bonds. The second-order valence-electron chi connectivity index (χ2n) is 8.92. The predicted octanol–water partition coefficient (Wildman–Crippen LogP) is 3.17. The fourth-order valence-corrected chi connectivity index (χ4v) is 5.01. The van der Waals surface area contributed by atoms with E-state index in [0.717, 1.165) is 42.4 Å². The normalized spacial score (nSPS) is 23.5. The number of likely N-dealkylation sites (tertiary alicyclic amines) is 1. The van der Waals surface area contributed by atoms with Gasteiger partial charge in [-0.15, -0.1) is 0 Å². The highest BCUT2D eigenvalue weighted by Gasteiger charge is 2.45. The molecule has 2 aliphatic rings. The maximum absolute atomic E-state index is 13.5. The van der Waals surface area contributed by atoms with E-state index >= 15 is 0 Å². The van der Waals surface area contributed by atoms with Gasteiger partial charge in [-0.05, 0) is 49.3 Å². The van der Waals surface area contributed by atoms with E-state index in [-0.39, 0.29) is 17.9 Å². The molecule has 0 aliphatic carbocycles. The molecule has 3 heterocycles. The van der Waals surface area contributed by atoms with Gasteiger partial charge in [0.25, 0.3) is 5.91 Å². The molecule has 0 bridgehead atoms. The minimum absolute atomic E-state index is 0.0358. The Balaban J connectivity index is 1.66. The number of amides is 2. The molecule has 1 aromatic heterocycles. The quantitative estimate of drug-likeness (QED) is 0.744. The molecule has 0 N–H and O–H groups in total. The second-order valence-corrected chi connectivity index (χ2v) is 8.92. The number of benzene rings is 1. The number of hydrogen-bond donors (Lipinski definition) is 0. The third-order valence-corrected chi connectivity index (χ3v) is 6.47. The predicted molar refractivity (Wildman–Crippen MR) is 119 cm³/mol. The van der Waals surface area contributed by atoms with E-state index in [2.05, 4.69) is 17.1 Å². The average Bonchev–Trinajstić information content (AvgIpc) is 3.34. The van der Waals surface area contributed by atoms with Gasteiger partial charge < -0.3 is 14.5 Å². The molecule has 6 heteroatoms. The Labute approximate surface area is 184 Å². The second kappa shape index (κ2) is 9.18. The third kappa shape index (κ3) is 4.49. The fraction of sp³-hybridized carbons (Fsp3) is 0.480. The minimum atomic E-state index is -0.645. The highest BCUT2D eigenvalue weighted by Crippen LogP contribution is 2.38. The number of pyridine rings is 1. The lowest BCUT2D eigenvalue weighted by atomic mass is 9.72. The van der Waals surface area contributed by atoms with E-state index < -0.39 is 5.41 Å². The zero-order valence-corrected chi connectivity index (χ0v) is 18.4. The first-order valence-electron chi connectivity index (χ1n) is 11.1. The number of ether oxygens (including phenoxy) is 1. The summed E-state index contributed by atoms with van der Waals surface area (Å²) in [5, 5.41) is 0. The van der Waals surface area contributed by atoms with Gasteiger partial charge in [-0.25, -0.2) is 0 Å². The standard InChI is InChI=1S/C25H31N3O3/c1-27(2)24(30)25(12-7-14-28(18-25)23(29)22-11-6-15-31-22)16-19-8-3-4-10-21(19)20-9-5-13-26-17-20/h3-5,8-10,13,17,22H,6-7,11-12,14-16,18H2,1-2H3/t22-,25-/m1/s1. The molecule has 2 aliphatic heterocycles. The van der Waals surface area contributed by atoms with Crippen LogP contribution >= 0.6 is 0 Å². The van der Waals surface area contributed by atoms with Gasteiger partial charge in [-0.1, -0.05) is 30.3 Å². The molecule has 2 atom stereocenters. The topological polar surface area (TPSA) is 62.7 Å². The van der Waals surface area contributed by atoms with Crippen molar-refractivity contribution in [3.63, 3.8) is 0 Å². The Morgan fingerprint density at radius 2 is 2.03 bits per heavy atom. The Kier molecular flexibility index (Phi) is 6.37. The van der Waals surface area contributed by atoms with Gasteiger partial charge in [0.15, 0.2) is 0 Å². The molecule has 0 radical (unpaired) electrons. The first-order chi connectivity index (χ1) is 15.0. The van der Waals surface area contributed by atoms with Crippen LogP contribution in [0.4, 0.5) is 0 Å². The summed E-state index contributed by atoms with van der Waals surface area (Å²) in [6, 6.07) is 12.2. The lowest BCUT2D eigenvalue weighted by molar-refractivity contribution is -0.151. The van der Waals surface area contributed by atoms with Crippen molar-refractivity contribution in [1.82, 2.24) is 14.8 Å². The first-order valence-corrected chi connectivity index (χ1v) is 11.1. The van der Waals surface area contributed by atoms with Crippen LogP contribution in [0.3, 0.4) is 0 Å². The van der Waals surface area contributed by atoms with Gasteiger partial charge in [-0.2, -0.15) is 0 Å². The number of hydrogen-bond acceptors (Lipinski definition) is 4. The Bertz CT molecular complexity index is 925. The smallest absolute Gasteiger partial charge is 0.251 e. The molecule has 0 spiro atoms. The lowest BCUT2D eigenvalue weighted by Crippen LogP contribution is -2.55. The molecule has 164 valence electrons. The van der Waals surface area contributed by atoms with Crippen LogP contribution in [0.2, 0.25) is 0 Å². The van der Waals surface area contributed by atoms with E-state index in [1.165, 1.54) is 0 Å². The molecular formula is C25H31N3O3. The number of nitrogens with zero attached hydrogens (tertiary/aromatic N) is 3. The molecule has 0 saturated carbocycles. The SMILES string of the molecule is CN(C)C(=O)[C@@]1(Cc2ccccc2-c2cccnc2)CCCN(C(=O)[C@H]2CCCO2)C1. The van der Waals surface area contributed by atoms with Crippen molar-refractivity contribution in [2.45, 2.75) is 38.2 Å². The van der Waals surface area contributed by atoms with Crippen molar-refractivity contribution in [3.05, 3.63) is 54.4 Å². The van der Waals surface area contributed by atoms with E-state index in [9.17, 15) is 9.59 Å². The van der Waals surface area contributed by atoms with Crippen LogP contribution in [0.25, 0.3) is 11.1 Å². The summed E-state index contributed by atoms with van der Waals surface area (Å²) in [6.07, 6.45) is 7.12. The summed E-state index contributed by atoms with van der Waals surface area (Å²) >= 11 is 0. The van der Waals surface area contributed by atoms with Crippen LogP contribution < -0.4 is 0 Å². The summed E-state index contributed by atoms with van der Waals surface area (Å²) in [6.45, 7) is 1.76. The van der Waals surface area contributed by atoms with E-state index in [1.807, 2.05) is 35.4 Å². The highest BCUT2D eigenvalue weighted by atomic mass is 16.5. The number of carbonyl (C=O) groups excluding carboxylic acids is 2. The average molecular weight is 422 g/mol. The van der Waals surface area contributed by atoms with Gasteiger partial charge in [0.2, 0.25) is 5.91 Å². The highest BCUT2D eigenvalue weighted by molar-refractivity contribution is 5.86. The van der Waals surface area contributed by atoms with Crippen molar-refractivity contribution in [2.75, 3.05) is 33.8 Å². The number of piperidine rings is 1. The Morgan fingerprint density at radius 1 is 1.19 bits per heavy atom. The monoisotopic (exact) mass is 421 g/mol. The zero-order chi connectivity index (χ0) is 21.8.